The van der Waals surface area contributed by atoms with Gasteiger partial charge in [-0.05, 0) is 49.4 Å². The summed E-state index contributed by atoms with van der Waals surface area (Å²) in [5, 5.41) is 10.1. The summed E-state index contributed by atoms with van der Waals surface area (Å²) in [6, 6.07) is 11.6. The molecular weight excluding hydrogens is 461 g/mol. The van der Waals surface area contributed by atoms with Crippen molar-refractivity contribution in [3.63, 3.8) is 0 Å². The number of hydrazine groups is 1. The van der Waals surface area contributed by atoms with E-state index in [2.05, 4.69) is 21.0 Å². The van der Waals surface area contributed by atoms with Crippen molar-refractivity contribution in [1.82, 2.24) is 25.6 Å². The second kappa shape index (κ2) is 10.5. The molecule has 8 nitrogen and oxygen atoms in total. The van der Waals surface area contributed by atoms with Crippen molar-refractivity contribution >= 4 is 46.8 Å². The lowest BCUT2D eigenvalue weighted by atomic mass is 10.2. The average Bonchev–Trinajstić information content (AvgIpc) is 3.19. The lowest BCUT2D eigenvalue weighted by Gasteiger charge is -2.11. The average molecular weight is 480 g/mol. The number of halogens is 2. The second-order valence-electron chi connectivity index (χ2n) is 6.19. The molecular formula is C20H19Cl2N5O3S. The molecule has 0 aliphatic rings. The predicted octanol–water partition coefficient (Wildman–Crippen LogP) is 3.83. The number of nitrogens with one attached hydrogen (secondary N) is 2. The number of ether oxygens (including phenoxy) is 1. The highest BCUT2D eigenvalue weighted by atomic mass is 35.5. The molecule has 0 atom stereocenters. The van der Waals surface area contributed by atoms with Gasteiger partial charge in [0.1, 0.15) is 5.75 Å². The van der Waals surface area contributed by atoms with Crippen LogP contribution in [0, 0.1) is 0 Å². The molecule has 0 spiro atoms. The first-order chi connectivity index (χ1) is 14.9. The number of hydrogen-bond acceptors (Lipinski definition) is 6. The topological polar surface area (TPSA) is 98.1 Å². The minimum Gasteiger partial charge on any atom is -0.496 e. The third kappa shape index (κ3) is 5.69. The maximum absolute atomic E-state index is 12.2. The second-order valence-corrected chi connectivity index (χ2v) is 8.01. The molecule has 0 aliphatic carbocycles. The molecule has 1 aromatic heterocycles. The van der Waals surface area contributed by atoms with Crippen LogP contribution in [0.4, 0.5) is 0 Å². The lowest BCUT2D eigenvalue weighted by Crippen LogP contribution is -2.42. The highest BCUT2D eigenvalue weighted by Crippen LogP contribution is 2.33. The van der Waals surface area contributed by atoms with Gasteiger partial charge in [-0.3, -0.25) is 20.4 Å². The van der Waals surface area contributed by atoms with Gasteiger partial charge in [0.25, 0.3) is 5.91 Å². The maximum Gasteiger partial charge on any atom is 0.269 e. The van der Waals surface area contributed by atoms with Gasteiger partial charge in [0.2, 0.25) is 5.91 Å². The van der Waals surface area contributed by atoms with E-state index in [4.69, 9.17) is 27.9 Å². The van der Waals surface area contributed by atoms with Gasteiger partial charge in [-0.2, -0.15) is 0 Å². The summed E-state index contributed by atoms with van der Waals surface area (Å²) >= 11 is 13.1. The summed E-state index contributed by atoms with van der Waals surface area (Å²) in [7, 11) is 1.57. The number of nitrogens with zero attached hydrogens (tertiary/aromatic N) is 3. The summed E-state index contributed by atoms with van der Waals surface area (Å²) in [4.78, 5) is 24.2. The predicted molar refractivity (Wildman–Crippen MR) is 120 cm³/mol. The molecule has 0 bridgehead atoms. The van der Waals surface area contributed by atoms with Gasteiger partial charge in [-0.25, -0.2) is 0 Å². The van der Waals surface area contributed by atoms with Crippen LogP contribution >= 0.6 is 35.0 Å². The molecule has 3 aromatic rings. The van der Waals surface area contributed by atoms with Gasteiger partial charge in [0.05, 0.1) is 18.4 Å². The number of hydrogen-bond donors (Lipinski definition) is 2. The van der Waals surface area contributed by atoms with Crippen molar-refractivity contribution in [1.29, 1.82) is 0 Å². The minimum atomic E-state index is -0.443. The van der Waals surface area contributed by atoms with Crippen LogP contribution in [-0.2, 0) is 11.3 Å². The molecule has 0 aliphatic heterocycles. The fourth-order valence-electron chi connectivity index (χ4n) is 2.70. The number of rotatable bonds is 7. The van der Waals surface area contributed by atoms with E-state index in [-0.39, 0.29) is 11.7 Å². The Balaban J connectivity index is 1.63. The molecule has 1 heterocycles. The third-order valence-electron chi connectivity index (χ3n) is 4.19. The Labute approximate surface area is 193 Å². The van der Waals surface area contributed by atoms with Gasteiger partial charge in [0.15, 0.2) is 11.0 Å². The molecule has 3 rings (SSSR count). The number of aromatic nitrogens is 3. The summed E-state index contributed by atoms with van der Waals surface area (Å²) in [5.74, 6) is 0.402. The van der Waals surface area contributed by atoms with Gasteiger partial charge >= 0.3 is 0 Å². The first-order valence-corrected chi connectivity index (χ1v) is 10.9. The Morgan fingerprint density at radius 2 is 1.77 bits per heavy atom. The zero-order chi connectivity index (χ0) is 22.4. The molecule has 0 radical (unpaired) electrons. The van der Waals surface area contributed by atoms with Crippen LogP contribution in [-0.4, -0.2) is 39.4 Å². The Kier molecular flexibility index (Phi) is 7.78. The standard InChI is InChI=1S/C20H19Cl2N5O3S/c1-3-27-18(15-10-14(22)8-9-16(15)30-2)24-26-20(27)31-11-17(28)23-25-19(29)12-4-6-13(21)7-5-12/h4-10H,3,11H2,1-2H3,(H,23,28)(H,25,29). The van der Waals surface area contributed by atoms with Crippen LogP contribution in [0.1, 0.15) is 17.3 Å². The number of carbonyl (C=O) groups is 2. The molecule has 0 fully saturated rings. The van der Waals surface area contributed by atoms with E-state index in [0.29, 0.717) is 44.4 Å². The molecule has 0 saturated carbocycles. The van der Waals surface area contributed by atoms with Gasteiger partial charge < -0.3 is 9.30 Å². The van der Waals surface area contributed by atoms with Crippen molar-refractivity contribution in [3.05, 3.63) is 58.1 Å². The molecule has 31 heavy (non-hydrogen) atoms. The molecule has 2 amide bonds. The lowest BCUT2D eigenvalue weighted by molar-refractivity contribution is -0.119. The van der Waals surface area contributed by atoms with Crippen molar-refractivity contribution in [3.8, 4) is 17.1 Å². The Morgan fingerprint density at radius 3 is 2.45 bits per heavy atom. The zero-order valence-corrected chi connectivity index (χ0v) is 19.0. The van der Waals surface area contributed by atoms with E-state index in [0.717, 1.165) is 0 Å². The largest absolute Gasteiger partial charge is 0.496 e. The van der Waals surface area contributed by atoms with Crippen molar-refractivity contribution in [2.24, 2.45) is 0 Å². The number of thioether (sulfide) groups is 1. The SMILES string of the molecule is CCn1c(SCC(=O)NNC(=O)c2ccc(Cl)cc2)nnc1-c1cc(Cl)ccc1OC. The monoisotopic (exact) mass is 479 g/mol. The van der Waals surface area contributed by atoms with Crippen LogP contribution < -0.4 is 15.6 Å². The number of carbonyl (C=O) groups excluding carboxylic acids is 2. The molecule has 162 valence electrons. The highest BCUT2D eigenvalue weighted by Gasteiger charge is 2.18. The van der Waals surface area contributed by atoms with Crippen LogP contribution in [0.15, 0.2) is 47.6 Å². The van der Waals surface area contributed by atoms with Gasteiger partial charge in [-0.1, -0.05) is 35.0 Å². The fourth-order valence-corrected chi connectivity index (χ4v) is 3.80. The Morgan fingerprint density at radius 1 is 1.06 bits per heavy atom. The molecule has 0 saturated heterocycles. The van der Waals surface area contributed by atoms with Crippen molar-refractivity contribution in [2.45, 2.75) is 18.6 Å². The van der Waals surface area contributed by atoms with E-state index in [1.165, 1.54) is 11.8 Å². The Hall–Kier alpha value is -2.75. The van der Waals surface area contributed by atoms with E-state index >= 15 is 0 Å². The maximum atomic E-state index is 12.2. The first kappa shape index (κ1) is 22.9. The van der Waals surface area contributed by atoms with Gasteiger partial charge in [-0.15, -0.1) is 10.2 Å². The first-order valence-electron chi connectivity index (χ1n) is 9.17. The minimum absolute atomic E-state index is 0.0334. The molecule has 2 aromatic carbocycles. The van der Waals surface area contributed by atoms with Crippen LogP contribution in [0.3, 0.4) is 0 Å². The quantitative estimate of drug-likeness (QED) is 0.394. The smallest absolute Gasteiger partial charge is 0.269 e. The van der Waals surface area contributed by atoms with E-state index in [9.17, 15) is 9.59 Å². The number of benzene rings is 2. The molecule has 11 heteroatoms. The van der Waals surface area contributed by atoms with Gasteiger partial charge in [0, 0.05) is 22.2 Å². The van der Waals surface area contributed by atoms with Crippen LogP contribution in [0.25, 0.3) is 11.4 Å². The van der Waals surface area contributed by atoms with E-state index < -0.39 is 5.91 Å². The van der Waals surface area contributed by atoms with Crippen LogP contribution in [0.2, 0.25) is 10.0 Å². The summed E-state index contributed by atoms with van der Waals surface area (Å²) in [5.41, 5.74) is 5.83. The number of amides is 2. The molecule has 0 unspecified atom stereocenters. The number of methoxy groups -OCH3 is 1. The Bertz CT molecular complexity index is 1090. The highest BCUT2D eigenvalue weighted by molar-refractivity contribution is 7.99. The summed E-state index contributed by atoms with van der Waals surface area (Å²) < 4.78 is 7.26. The fraction of sp³-hybridized carbons (Fsp3) is 0.200. The summed E-state index contributed by atoms with van der Waals surface area (Å²) in [6.07, 6.45) is 0. The van der Waals surface area contributed by atoms with E-state index in [1.54, 1.807) is 49.6 Å². The van der Waals surface area contributed by atoms with Crippen LogP contribution in [0.5, 0.6) is 5.75 Å². The third-order valence-corrected chi connectivity index (χ3v) is 5.64. The van der Waals surface area contributed by atoms with E-state index in [1.807, 2.05) is 11.5 Å². The normalized spacial score (nSPS) is 10.6. The molecule has 2 N–H and O–H groups in total. The zero-order valence-electron chi connectivity index (χ0n) is 16.7. The van der Waals surface area contributed by atoms with Crippen molar-refractivity contribution in [2.75, 3.05) is 12.9 Å². The summed E-state index contributed by atoms with van der Waals surface area (Å²) in [6.45, 7) is 2.52. The van der Waals surface area contributed by atoms with Crippen molar-refractivity contribution < 1.29 is 14.3 Å².